The maximum absolute atomic E-state index is 12.1. The van der Waals surface area contributed by atoms with Gasteiger partial charge in [-0.15, -0.1) is 0 Å². The Morgan fingerprint density at radius 3 is 2.71 bits per heavy atom. The molecule has 1 unspecified atom stereocenters. The molecule has 8 heteroatoms. The number of benzene rings is 1. The van der Waals surface area contributed by atoms with Gasteiger partial charge in [0, 0.05) is 24.2 Å². The molecule has 1 amide bonds. The van der Waals surface area contributed by atoms with E-state index in [-0.39, 0.29) is 29.8 Å². The maximum atomic E-state index is 12.1. The Balaban J connectivity index is 1.84. The van der Waals surface area contributed by atoms with Gasteiger partial charge in [0.1, 0.15) is 0 Å². The molecular formula is C16H18ClN3O3S. The zero-order valence-electron chi connectivity index (χ0n) is 13.1. The molecule has 2 rings (SSSR count). The molecule has 24 heavy (non-hydrogen) atoms. The topological polar surface area (TPSA) is 88.2 Å². The first kappa shape index (κ1) is 18.4. The average Bonchev–Trinajstić information content (AvgIpc) is 2.55. The number of pyridine rings is 1. The number of hydrogen-bond acceptors (Lipinski definition) is 4. The highest BCUT2D eigenvalue weighted by molar-refractivity contribution is 7.89. The number of aromatic nitrogens is 1. The van der Waals surface area contributed by atoms with E-state index in [1.807, 2.05) is 19.1 Å². The third kappa shape index (κ3) is 5.30. The van der Waals surface area contributed by atoms with Crippen LogP contribution in [0.5, 0.6) is 0 Å². The van der Waals surface area contributed by atoms with Gasteiger partial charge in [-0.2, -0.15) is 0 Å². The Hall–Kier alpha value is -1.96. The van der Waals surface area contributed by atoms with Crippen LogP contribution in [0, 0.1) is 0 Å². The van der Waals surface area contributed by atoms with Gasteiger partial charge in [0.25, 0.3) is 0 Å². The first-order chi connectivity index (χ1) is 11.4. The molecule has 1 aromatic heterocycles. The summed E-state index contributed by atoms with van der Waals surface area (Å²) in [6.07, 6.45) is 1.67. The standard InChI is InChI=1S/C16H18ClN3O3S/c1-12(15-7-2-3-9-18-15)20-16(21)8-10-19-24(22,23)14-6-4-5-13(17)11-14/h2-7,9,11-12,19H,8,10H2,1H3,(H,20,21). The van der Waals surface area contributed by atoms with Crippen LogP contribution < -0.4 is 10.0 Å². The minimum absolute atomic E-state index is 0.00435. The molecule has 6 nitrogen and oxygen atoms in total. The summed E-state index contributed by atoms with van der Waals surface area (Å²) in [5.41, 5.74) is 0.741. The van der Waals surface area contributed by atoms with E-state index in [0.29, 0.717) is 5.02 Å². The van der Waals surface area contributed by atoms with Crippen LogP contribution in [0.3, 0.4) is 0 Å². The smallest absolute Gasteiger partial charge is 0.240 e. The molecule has 0 aliphatic heterocycles. The second kappa shape index (κ2) is 8.23. The Bertz CT molecular complexity index is 797. The number of nitrogens with zero attached hydrogens (tertiary/aromatic N) is 1. The van der Waals surface area contributed by atoms with Crippen molar-refractivity contribution in [3.8, 4) is 0 Å². The zero-order chi connectivity index (χ0) is 17.6. The van der Waals surface area contributed by atoms with Gasteiger partial charge < -0.3 is 5.32 Å². The lowest BCUT2D eigenvalue weighted by Gasteiger charge is -2.13. The SMILES string of the molecule is CC(NC(=O)CCNS(=O)(=O)c1cccc(Cl)c1)c1ccccn1. The molecule has 0 radical (unpaired) electrons. The minimum atomic E-state index is -3.69. The van der Waals surface area contributed by atoms with E-state index in [1.165, 1.54) is 12.1 Å². The third-order valence-corrected chi connectivity index (χ3v) is 4.95. The second-order valence-corrected chi connectivity index (χ2v) is 7.35. The van der Waals surface area contributed by atoms with Gasteiger partial charge in [0.05, 0.1) is 16.6 Å². The number of amides is 1. The zero-order valence-corrected chi connectivity index (χ0v) is 14.6. The Morgan fingerprint density at radius 2 is 2.04 bits per heavy atom. The molecule has 128 valence electrons. The molecular weight excluding hydrogens is 350 g/mol. The van der Waals surface area contributed by atoms with Gasteiger partial charge in [-0.25, -0.2) is 13.1 Å². The van der Waals surface area contributed by atoms with E-state index < -0.39 is 10.0 Å². The predicted molar refractivity (Wildman–Crippen MR) is 92.1 cm³/mol. The van der Waals surface area contributed by atoms with Crippen molar-refractivity contribution in [1.82, 2.24) is 15.0 Å². The van der Waals surface area contributed by atoms with Gasteiger partial charge in [-0.05, 0) is 37.3 Å². The third-order valence-electron chi connectivity index (χ3n) is 3.26. The van der Waals surface area contributed by atoms with Gasteiger partial charge >= 0.3 is 0 Å². The molecule has 1 heterocycles. The highest BCUT2D eigenvalue weighted by Crippen LogP contribution is 2.15. The van der Waals surface area contributed by atoms with Crippen molar-refractivity contribution in [2.24, 2.45) is 0 Å². The van der Waals surface area contributed by atoms with Gasteiger partial charge in [-0.1, -0.05) is 23.7 Å². The van der Waals surface area contributed by atoms with E-state index in [4.69, 9.17) is 11.6 Å². The lowest BCUT2D eigenvalue weighted by Crippen LogP contribution is -2.32. The molecule has 1 atom stereocenters. The van der Waals surface area contributed by atoms with Crippen LogP contribution in [0.1, 0.15) is 25.1 Å². The molecule has 2 N–H and O–H groups in total. The minimum Gasteiger partial charge on any atom is -0.348 e. The average molecular weight is 368 g/mol. The summed E-state index contributed by atoms with van der Waals surface area (Å²) >= 11 is 5.79. The maximum Gasteiger partial charge on any atom is 0.240 e. The van der Waals surface area contributed by atoms with Crippen LogP contribution in [0.25, 0.3) is 0 Å². The van der Waals surface area contributed by atoms with Crippen molar-refractivity contribution in [2.45, 2.75) is 24.3 Å². The van der Waals surface area contributed by atoms with Crippen LogP contribution in [-0.2, 0) is 14.8 Å². The second-order valence-electron chi connectivity index (χ2n) is 5.15. The van der Waals surface area contributed by atoms with Crippen molar-refractivity contribution >= 4 is 27.5 Å². The van der Waals surface area contributed by atoms with Crippen molar-refractivity contribution < 1.29 is 13.2 Å². The normalized spacial score (nSPS) is 12.6. The molecule has 1 aromatic carbocycles. The summed E-state index contributed by atoms with van der Waals surface area (Å²) in [4.78, 5) is 16.1. The number of carbonyl (C=O) groups is 1. The number of nitrogens with one attached hydrogen (secondary N) is 2. The Labute approximate surface area is 146 Å². The van der Waals surface area contributed by atoms with E-state index >= 15 is 0 Å². The number of sulfonamides is 1. The molecule has 0 bridgehead atoms. The number of hydrogen-bond donors (Lipinski definition) is 2. The van der Waals surface area contributed by atoms with E-state index in [9.17, 15) is 13.2 Å². The molecule has 0 spiro atoms. The van der Waals surface area contributed by atoms with E-state index in [0.717, 1.165) is 5.69 Å². The van der Waals surface area contributed by atoms with Crippen molar-refractivity contribution in [2.75, 3.05) is 6.54 Å². The summed E-state index contributed by atoms with van der Waals surface area (Å²) in [7, 11) is -3.69. The first-order valence-corrected chi connectivity index (χ1v) is 9.20. The van der Waals surface area contributed by atoms with E-state index in [2.05, 4.69) is 15.0 Å². The number of rotatable bonds is 7. The molecule has 0 fully saturated rings. The quantitative estimate of drug-likeness (QED) is 0.785. The fourth-order valence-corrected chi connectivity index (χ4v) is 3.37. The molecule has 0 saturated carbocycles. The lowest BCUT2D eigenvalue weighted by atomic mass is 10.2. The first-order valence-electron chi connectivity index (χ1n) is 7.34. The highest BCUT2D eigenvalue weighted by atomic mass is 35.5. The summed E-state index contributed by atoms with van der Waals surface area (Å²) < 4.78 is 26.6. The van der Waals surface area contributed by atoms with Crippen molar-refractivity contribution in [3.05, 3.63) is 59.4 Å². The summed E-state index contributed by atoms with van der Waals surface area (Å²) in [5, 5.41) is 3.11. The van der Waals surface area contributed by atoms with Crippen molar-refractivity contribution in [1.29, 1.82) is 0 Å². The summed E-state index contributed by atoms with van der Waals surface area (Å²) in [5.74, 6) is -0.262. The number of carbonyl (C=O) groups excluding carboxylic acids is 1. The molecule has 0 aliphatic rings. The van der Waals surface area contributed by atoms with Gasteiger partial charge in [0.15, 0.2) is 0 Å². The highest BCUT2D eigenvalue weighted by Gasteiger charge is 2.15. The van der Waals surface area contributed by atoms with Crippen LogP contribution in [0.2, 0.25) is 5.02 Å². The monoisotopic (exact) mass is 367 g/mol. The number of halogens is 1. The van der Waals surface area contributed by atoms with Crippen LogP contribution in [0.4, 0.5) is 0 Å². The van der Waals surface area contributed by atoms with E-state index in [1.54, 1.807) is 24.4 Å². The predicted octanol–water partition coefficient (Wildman–Crippen LogP) is 2.28. The van der Waals surface area contributed by atoms with Gasteiger partial charge in [-0.3, -0.25) is 9.78 Å². The van der Waals surface area contributed by atoms with Crippen LogP contribution in [-0.4, -0.2) is 25.9 Å². The van der Waals surface area contributed by atoms with Crippen molar-refractivity contribution in [3.63, 3.8) is 0 Å². The van der Waals surface area contributed by atoms with Crippen LogP contribution in [0.15, 0.2) is 53.6 Å². The summed E-state index contributed by atoms with van der Waals surface area (Å²) in [6, 6.07) is 11.1. The lowest BCUT2D eigenvalue weighted by molar-refractivity contribution is -0.121. The summed E-state index contributed by atoms with van der Waals surface area (Å²) in [6.45, 7) is 1.81. The Kier molecular flexibility index (Phi) is 6.30. The largest absolute Gasteiger partial charge is 0.348 e. The fraction of sp³-hybridized carbons (Fsp3) is 0.250. The van der Waals surface area contributed by atoms with Gasteiger partial charge in [0.2, 0.25) is 15.9 Å². The Morgan fingerprint density at radius 1 is 1.25 bits per heavy atom. The molecule has 2 aromatic rings. The molecule has 0 saturated heterocycles. The van der Waals surface area contributed by atoms with Crippen LogP contribution >= 0.6 is 11.6 Å². The fourth-order valence-electron chi connectivity index (χ4n) is 2.04. The molecule has 0 aliphatic carbocycles.